The van der Waals surface area contributed by atoms with Crippen molar-refractivity contribution in [3.05, 3.63) is 11.9 Å². The van der Waals surface area contributed by atoms with Gasteiger partial charge < -0.3 is 15.8 Å². The minimum Gasteiger partial charge on any atom is -0.476 e. The molecular weight excluding hydrogens is 246 g/mol. The predicted octanol–water partition coefficient (Wildman–Crippen LogP) is 0.337. The zero-order valence-corrected chi connectivity index (χ0v) is 8.54. The van der Waals surface area contributed by atoms with Gasteiger partial charge in [-0.3, -0.25) is 0 Å². The van der Waals surface area contributed by atoms with E-state index in [0.717, 1.165) is 0 Å². The maximum absolute atomic E-state index is 12.9. The van der Waals surface area contributed by atoms with Crippen LogP contribution in [0.3, 0.4) is 0 Å². The molecular formula is C8H11F4N3O2. The number of rotatable bonds is 4. The van der Waals surface area contributed by atoms with Gasteiger partial charge in [0.1, 0.15) is 0 Å². The lowest BCUT2D eigenvalue weighted by Crippen LogP contribution is -2.62. The summed E-state index contributed by atoms with van der Waals surface area (Å²) in [5.74, 6) is -6.28. The van der Waals surface area contributed by atoms with Crippen LogP contribution in [0.5, 0.6) is 0 Å². The van der Waals surface area contributed by atoms with Crippen molar-refractivity contribution < 1.29 is 27.5 Å². The SMILES string of the molecule is N/C=C(/C(=O)O)N(N)CC1CC(F)(F)C1(F)F. The Balaban J connectivity index is 2.67. The normalized spacial score (nSPS) is 26.2. The lowest BCUT2D eigenvalue weighted by Gasteiger charge is -2.45. The van der Waals surface area contributed by atoms with Crippen LogP contribution >= 0.6 is 0 Å². The first kappa shape index (κ1) is 13.6. The molecule has 0 heterocycles. The van der Waals surface area contributed by atoms with Crippen molar-refractivity contribution >= 4 is 5.97 Å². The van der Waals surface area contributed by atoms with Crippen LogP contribution in [0.4, 0.5) is 17.6 Å². The van der Waals surface area contributed by atoms with Crippen LogP contribution in [0.15, 0.2) is 11.9 Å². The summed E-state index contributed by atoms with van der Waals surface area (Å²) in [5, 5.41) is 9.00. The standard InChI is InChI=1S/C8H11F4N3O2/c9-7(10)1-4(8(7,11)12)3-15(14)5(2-13)6(16)17/h2,4H,1,3,13-14H2,(H,16,17)/b5-2-. The summed E-state index contributed by atoms with van der Waals surface area (Å²) in [5.41, 5.74) is 4.30. The number of nitrogens with two attached hydrogens (primary N) is 2. The van der Waals surface area contributed by atoms with Gasteiger partial charge in [-0.2, -0.15) is 17.6 Å². The van der Waals surface area contributed by atoms with Gasteiger partial charge in [-0.15, -0.1) is 0 Å². The molecule has 0 aromatic carbocycles. The molecule has 0 aromatic heterocycles. The minimum atomic E-state index is -4.18. The highest BCUT2D eigenvalue weighted by Gasteiger charge is 2.71. The average Bonchev–Trinajstić information content (AvgIpc) is 2.16. The average molecular weight is 257 g/mol. The number of carbonyl (C=O) groups is 1. The molecule has 0 bridgehead atoms. The number of halogens is 4. The second kappa shape index (κ2) is 4.06. The van der Waals surface area contributed by atoms with E-state index in [0.29, 0.717) is 11.2 Å². The van der Waals surface area contributed by atoms with Gasteiger partial charge in [-0.05, 0) is 0 Å². The number of alkyl halides is 4. The highest BCUT2D eigenvalue weighted by atomic mass is 19.3. The van der Waals surface area contributed by atoms with Crippen molar-refractivity contribution in [2.45, 2.75) is 18.3 Å². The van der Waals surface area contributed by atoms with Crippen LogP contribution in [-0.4, -0.2) is 34.5 Å². The molecule has 1 rings (SSSR count). The number of carboxylic acid groups (broad SMARTS) is 1. The Morgan fingerprint density at radius 2 is 2.00 bits per heavy atom. The van der Waals surface area contributed by atoms with Crippen molar-refractivity contribution in [3.8, 4) is 0 Å². The fourth-order valence-corrected chi connectivity index (χ4v) is 1.55. The van der Waals surface area contributed by atoms with Crippen molar-refractivity contribution in [3.63, 3.8) is 0 Å². The van der Waals surface area contributed by atoms with Crippen molar-refractivity contribution in [1.82, 2.24) is 5.01 Å². The molecule has 17 heavy (non-hydrogen) atoms. The molecule has 0 aliphatic heterocycles. The highest BCUT2D eigenvalue weighted by molar-refractivity contribution is 5.85. The predicted molar refractivity (Wildman–Crippen MR) is 48.8 cm³/mol. The molecule has 5 N–H and O–H groups in total. The molecule has 1 aliphatic carbocycles. The quantitative estimate of drug-likeness (QED) is 0.292. The first-order valence-electron chi connectivity index (χ1n) is 4.56. The molecule has 1 unspecified atom stereocenters. The summed E-state index contributed by atoms with van der Waals surface area (Å²) < 4.78 is 50.7. The molecule has 0 saturated heterocycles. The molecule has 1 fully saturated rings. The van der Waals surface area contributed by atoms with Crippen LogP contribution in [0.1, 0.15) is 6.42 Å². The number of hydrazine groups is 1. The number of hydrogen-bond acceptors (Lipinski definition) is 4. The second-order valence-corrected chi connectivity index (χ2v) is 3.74. The number of hydrogen-bond donors (Lipinski definition) is 3. The monoisotopic (exact) mass is 257 g/mol. The lowest BCUT2D eigenvalue weighted by atomic mass is 9.76. The van der Waals surface area contributed by atoms with Gasteiger partial charge in [0.15, 0.2) is 5.70 Å². The maximum atomic E-state index is 12.9. The van der Waals surface area contributed by atoms with Gasteiger partial charge in [0, 0.05) is 19.2 Å². The van der Waals surface area contributed by atoms with Crippen molar-refractivity contribution in [2.24, 2.45) is 17.5 Å². The van der Waals surface area contributed by atoms with Gasteiger partial charge >= 0.3 is 17.8 Å². The molecule has 0 spiro atoms. The Labute approximate surface area is 93.6 Å². The van der Waals surface area contributed by atoms with E-state index in [4.69, 9.17) is 16.7 Å². The van der Waals surface area contributed by atoms with Gasteiger partial charge in [0.05, 0.1) is 5.92 Å². The van der Waals surface area contributed by atoms with Gasteiger partial charge in [0.2, 0.25) is 0 Å². The number of nitrogens with zero attached hydrogens (tertiary/aromatic N) is 1. The Bertz CT molecular complexity index is 359. The highest BCUT2D eigenvalue weighted by Crippen LogP contribution is 2.55. The smallest absolute Gasteiger partial charge is 0.355 e. The summed E-state index contributed by atoms with van der Waals surface area (Å²) in [6.07, 6.45) is -0.428. The number of carboxylic acids is 1. The minimum absolute atomic E-state index is 0.427. The van der Waals surface area contributed by atoms with E-state index in [1.165, 1.54) is 0 Å². The summed E-state index contributed by atoms with van der Waals surface area (Å²) in [6.45, 7) is -0.710. The first-order chi connectivity index (χ1) is 7.63. The first-order valence-corrected chi connectivity index (χ1v) is 4.56. The Kier molecular flexibility index (Phi) is 3.24. The van der Waals surface area contributed by atoms with Crippen LogP contribution in [0, 0.1) is 5.92 Å². The molecule has 1 aliphatic rings. The molecule has 9 heteroatoms. The van der Waals surface area contributed by atoms with Gasteiger partial charge in [-0.25, -0.2) is 10.6 Å². The topological polar surface area (TPSA) is 92.6 Å². The van der Waals surface area contributed by atoms with E-state index in [9.17, 15) is 22.4 Å². The third kappa shape index (κ3) is 2.14. The molecule has 1 saturated carbocycles. The number of aliphatic carboxylic acids is 1. The van der Waals surface area contributed by atoms with Crippen LogP contribution in [0.2, 0.25) is 0 Å². The molecule has 98 valence electrons. The van der Waals surface area contributed by atoms with E-state index >= 15 is 0 Å². The third-order valence-corrected chi connectivity index (χ3v) is 2.61. The zero-order chi connectivity index (χ0) is 13.4. The summed E-state index contributed by atoms with van der Waals surface area (Å²) >= 11 is 0. The van der Waals surface area contributed by atoms with Gasteiger partial charge in [0.25, 0.3) is 0 Å². The molecule has 5 nitrogen and oxygen atoms in total. The van der Waals surface area contributed by atoms with Crippen LogP contribution < -0.4 is 11.6 Å². The van der Waals surface area contributed by atoms with E-state index < -0.39 is 42.4 Å². The van der Waals surface area contributed by atoms with Crippen LogP contribution in [-0.2, 0) is 4.79 Å². The maximum Gasteiger partial charge on any atom is 0.355 e. The van der Waals surface area contributed by atoms with E-state index in [2.05, 4.69) is 0 Å². The summed E-state index contributed by atoms with van der Waals surface area (Å²) in [7, 11) is 0. The molecule has 1 atom stereocenters. The lowest BCUT2D eigenvalue weighted by molar-refractivity contribution is -0.315. The second-order valence-electron chi connectivity index (χ2n) is 3.74. The Morgan fingerprint density at radius 1 is 1.47 bits per heavy atom. The van der Waals surface area contributed by atoms with E-state index in [1.807, 2.05) is 0 Å². The molecule has 0 amide bonds. The van der Waals surface area contributed by atoms with Crippen molar-refractivity contribution in [2.75, 3.05) is 6.54 Å². The molecule has 0 aromatic rings. The fourth-order valence-electron chi connectivity index (χ4n) is 1.55. The Morgan fingerprint density at radius 3 is 2.29 bits per heavy atom. The van der Waals surface area contributed by atoms with Crippen LogP contribution in [0.25, 0.3) is 0 Å². The van der Waals surface area contributed by atoms with Crippen molar-refractivity contribution in [1.29, 1.82) is 0 Å². The third-order valence-electron chi connectivity index (χ3n) is 2.61. The Hall–Kier alpha value is -1.51. The molecule has 0 radical (unpaired) electrons. The largest absolute Gasteiger partial charge is 0.476 e. The summed E-state index contributed by atoms with van der Waals surface area (Å²) in [6, 6.07) is 0. The van der Waals surface area contributed by atoms with E-state index in [1.54, 1.807) is 0 Å². The van der Waals surface area contributed by atoms with E-state index in [-0.39, 0.29) is 0 Å². The fraction of sp³-hybridized carbons (Fsp3) is 0.625. The zero-order valence-electron chi connectivity index (χ0n) is 8.54. The van der Waals surface area contributed by atoms with Gasteiger partial charge in [-0.1, -0.05) is 0 Å². The summed E-state index contributed by atoms with van der Waals surface area (Å²) in [4.78, 5) is 10.5.